The van der Waals surface area contributed by atoms with Crippen molar-refractivity contribution in [2.45, 2.75) is 12.5 Å². The van der Waals surface area contributed by atoms with Gasteiger partial charge >= 0.3 is 5.69 Å². The summed E-state index contributed by atoms with van der Waals surface area (Å²) >= 11 is 1.36. The van der Waals surface area contributed by atoms with Gasteiger partial charge in [-0.1, -0.05) is 6.07 Å². The summed E-state index contributed by atoms with van der Waals surface area (Å²) in [6.45, 7) is 1.67. The molecule has 4 N–H and O–H groups in total. The van der Waals surface area contributed by atoms with Gasteiger partial charge in [-0.05, 0) is 24.6 Å². The first-order valence-corrected chi connectivity index (χ1v) is 8.31. The van der Waals surface area contributed by atoms with Gasteiger partial charge in [0, 0.05) is 23.8 Å². The third-order valence-electron chi connectivity index (χ3n) is 3.98. The Labute approximate surface area is 145 Å². The zero-order valence-corrected chi connectivity index (χ0v) is 14.0. The van der Waals surface area contributed by atoms with Gasteiger partial charge in [0.25, 0.3) is 0 Å². The molecule has 0 aliphatic carbocycles. The molecule has 0 fully saturated rings. The van der Waals surface area contributed by atoms with Crippen LogP contribution in [0.5, 0.6) is 0 Å². The number of aromatic amines is 1. The van der Waals surface area contributed by atoms with Crippen LogP contribution in [-0.2, 0) is 5.60 Å². The normalized spacial score (nSPS) is 13.8. The number of thiazole rings is 1. The van der Waals surface area contributed by atoms with Gasteiger partial charge in [0.15, 0.2) is 0 Å². The number of H-pyrrole nitrogens is 1. The summed E-state index contributed by atoms with van der Waals surface area (Å²) in [6.07, 6.45) is 3.13. The second-order valence-electron chi connectivity index (χ2n) is 5.68. The van der Waals surface area contributed by atoms with E-state index in [-0.39, 0.29) is 11.6 Å². The predicted molar refractivity (Wildman–Crippen MR) is 94.7 cm³/mol. The number of rotatable bonds is 3. The van der Waals surface area contributed by atoms with Crippen molar-refractivity contribution in [1.82, 2.24) is 24.5 Å². The van der Waals surface area contributed by atoms with Crippen LogP contribution in [0.2, 0.25) is 0 Å². The Kier molecular flexibility index (Phi) is 3.41. The molecular weight excluding hydrogens is 340 g/mol. The van der Waals surface area contributed by atoms with Crippen molar-refractivity contribution in [3.63, 3.8) is 0 Å². The van der Waals surface area contributed by atoms with Crippen LogP contribution >= 0.6 is 11.3 Å². The molecule has 1 unspecified atom stereocenters. The van der Waals surface area contributed by atoms with Gasteiger partial charge in [0.1, 0.15) is 16.4 Å². The molecule has 0 aliphatic rings. The van der Waals surface area contributed by atoms with Gasteiger partial charge in [0.2, 0.25) is 5.95 Å². The van der Waals surface area contributed by atoms with Crippen LogP contribution in [0, 0.1) is 0 Å². The topological polar surface area (TPSA) is 123 Å². The fourth-order valence-electron chi connectivity index (χ4n) is 2.71. The van der Waals surface area contributed by atoms with Gasteiger partial charge in [0.05, 0.1) is 11.0 Å². The molecule has 25 heavy (non-hydrogen) atoms. The number of nitrogens with two attached hydrogens (primary N) is 1. The van der Waals surface area contributed by atoms with Gasteiger partial charge in [-0.15, -0.1) is 11.3 Å². The Balaban J connectivity index is 1.94. The van der Waals surface area contributed by atoms with E-state index in [9.17, 15) is 9.90 Å². The number of imidazole rings is 1. The lowest BCUT2D eigenvalue weighted by molar-refractivity contribution is 0.102. The largest absolute Gasteiger partial charge is 0.378 e. The van der Waals surface area contributed by atoms with E-state index >= 15 is 0 Å². The minimum atomic E-state index is -1.27. The Morgan fingerprint density at radius 1 is 1.28 bits per heavy atom. The van der Waals surface area contributed by atoms with Crippen molar-refractivity contribution in [3.05, 3.63) is 63.1 Å². The maximum atomic E-state index is 12.4. The average Bonchev–Trinajstić information content (AvgIpc) is 3.21. The number of nitrogens with zero attached hydrogens (tertiary/aromatic N) is 4. The number of hydrogen-bond acceptors (Lipinski definition) is 7. The highest BCUT2D eigenvalue weighted by Gasteiger charge is 2.29. The molecule has 1 aromatic carbocycles. The molecule has 126 valence electrons. The molecule has 0 aliphatic heterocycles. The summed E-state index contributed by atoms with van der Waals surface area (Å²) in [5, 5.41) is 13.3. The highest BCUT2D eigenvalue weighted by atomic mass is 32.1. The molecule has 9 heteroatoms. The average molecular weight is 354 g/mol. The van der Waals surface area contributed by atoms with Gasteiger partial charge < -0.3 is 15.8 Å². The van der Waals surface area contributed by atoms with Gasteiger partial charge in [-0.2, -0.15) is 4.98 Å². The zero-order valence-electron chi connectivity index (χ0n) is 13.2. The summed E-state index contributed by atoms with van der Waals surface area (Å²) in [5.74, 6) is 0.430. The lowest BCUT2D eigenvalue weighted by Gasteiger charge is -2.21. The lowest BCUT2D eigenvalue weighted by Crippen LogP contribution is -2.22. The minimum absolute atomic E-state index is 0.0738. The molecule has 3 heterocycles. The maximum absolute atomic E-state index is 12.4. The third kappa shape index (κ3) is 2.49. The molecule has 0 radical (unpaired) electrons. The number of nitrogens with one attached hydrogen (secondary N) is 1. The molecule has 4 aromatic rings. The fourth-order valence-corrected chi connectivity index (χ4v) is 3.43. The van der Waals surface area contributed by atoms with Crippen LogP contribution in [0.25, 0.3) is 16.9 Å². The zero-order chi connectivity index (χ0) is 17.6. The second-order valence-corrected chi connectivity index (χ2v) is 6.57. The summed E-state index contributed by atoms with van der Waals surface area (Å²) < 4.78 is 1.40. The van der Waals surface area contributed by atoms with Crippen LogP contribution in [0.3, 0.4) is 0 Å². The maximum Gasteiger partial charge on any atom is 0.332 e. The van der Waals surface area contributed by atoms with Gasteiger partial charge in [-0.25, -0.2) is 19.3 Å². The molecule has 0 bridgehead atoms. The number of nitrogen functional groups attached to an aromatic ring is 1. The molecule has 8 nitrogen and oxygen atoms in total. The monoisotopic (exact) mass is 354 g/mol. The smallest absolute Gasteiger partial charge is 0.332 e. The summed E-state index contributed by atoms with van der Waals surface area (Å²) in [7, 11) is 0. The van der Waals surface area contributed by atoms with E-state index in [1.807, 2.05) is 0 Å². The Morgan fingerprint density at radius 2 is 2.12 bits per heavy atom. The standard InChI is InChI=1S/C16H14N6O2S/c1-16(24,13-18-6-7-25-13)9-2-3-10-11(8-9)22(15(23)20-10)12-4-5-19-14(17)21-12/h2-8,24H,1H3,(H,20,23)(H2,17,19,21). The Morgan fingerprint density at radius 3 is 2.84 bits per heavy atom. The molecule has 4 rings (SSSR count). The van der Waals surface area contributed by atoms with Crippen LogP contribution in [0.4, 0.5) is 5.95 Å². The van der Waals surface area contributed by atoms with Crippen molar-refractivity contribution in [2.24, 2.45) is 0 Å². The minimum Gasteiger partial charge on any atom is -0.378 e. The second kappa shape index (κ2) is 5.50. The first-order valence-electron chi connectivity index (χ1n) is 7.43. The predicted octanol–water partition coefficient (Wildman–Crippen LogP) is 1.40. The van der Waals surface area contributed by atoms with Crippen LogP contribution in [0.15, 0.2) is 46.8 Å². The van der Waals surface area contributed by atoms with Crippen LogP contribution < -0.4 is 11.4 Å². The number of fused-ring (bicyclic) bond motifs is 1. The van der Waals surface area contributed by atoms with E-state index in [2.05, 4.69) is 19.9 Å². The molecule has 0 spiro atoms. The molecule has 0 amide bonds. The summed E-state index contributed by atoms with van der Waals surface area (Å²) in [5.41, 5.74) is 5.83. The van der Waals surface area contributed by atoms with Crippen molar-refractivity contribution >= 4 is 28.3 Å². The molecule has 3 aromatic heterocycles. The van der Waals surface area contributed by atoms with E-state index < -0.39 is 5.60 Å². The molecular formula is C16H14N6O2S. The van der Waals surface area contributed by atoms with Crippen molar-refractivity contribution in [3.8, 4) is 5.82 Å². The molecule has 0 saturated carbocycles. The number of aliphatic hydroxyl groups is 1. The number of benzene rings is 1. The van der Waals surface area contributed by atoms with E-state index in [0.717, 1.165) is 0 Å². The van der Waals surface area contributed by atoms with Gasteiger partial charge in [-0.3, -0.25) is 0 Å². The molecule has 1 atom stereocenters. The van der Waals surface area contributed by atoms with E-state index in [4.69, 9.17) is 5.73 Å². The summed E-state index contributed by atoms with van der Waals surface area (Å²) in [6, 6.07) is 6.84. The SMILES string of the molecule is CC(O)(c1ccc2[nH]c(=O)n(-c3ccnc(N)n3)c2c1)c1nccs1. The van der Waals surface area contributed by atoms with Crippen LogP contribution in [-0.4, -0.2) is 29.6 Å². The number of anilines is 1. The highest BCUT2D eigenvalue weighted by Crippen LogP contribution is 2.32. The quantitative estimate of drug-likeness (QED) is 0.511. The number of aromatic nitrogens is 5. The van der Waals surface area contributed by atoms with E-state index in [1.165, 1.54) is 22.1 Å². The Bertz CT molecular complexity index is 1110. The fraction of sp³-hybridized carbons (Fsp3) is 0.125. The van der Waals surface area contributed by atoms with E-state index in [1.54, 1.807) is 42.8 Å². The van der Waals surface area contributed by atoms with E-state index in [0.29, 0.717) is 27.4 Å². The van der Waals surface area contributed by atoms with Crippen LogP contribution in [0.1, 0.15) is 17.5 Å². The molecule has 0 saturated heterocycles. The van der Waals surface area contributed by atoms with Crippen molar-refractivity contribution in [1.29, 1.82) is 0 Å². The highest BCUT2D eigenvalue weighted by molar-refractivity contribution is 7.09. The first-order chi connectivity index (χ1) is 12.0. The number of hydrogen-bond donors (Lipinski definition) is 3. The van der Waals surface area contributed by atoms with Crippen molar-refractivity contribution < 1.29 is 5.11 Å². The lowest BCUT2D eigenvalue weighted by atomic mass is 9.96. The van der Waals surface area contributed by atoms with Crippen molar-refractivity contribution in [2.75, 3.05) is 5.73 Å². The first kappa shape index (κ1) is 15.5. The third-order valence-corrected chi connectivity index (χ3v) is 4.97. The Hall–Kier alpha value is -3.04. The summed E-state index contributed by atoms with van der Waals surface area (Å²) in [4.78, 5) is 27.3.